The first kappa shape index (κ1) is 14.7. The van der Waals surface area contributed by atoms with E-state index in [0.717, 1.165) is 29.5 Å². The van der Waals surface area contributed by atoms with Gasteiger partial charge in [-0.15, -0.1) is 11.3 Å². The van der Waals surface area contributed by atoms with Gasteiger partial charge in [-0.3, -0.25) is 4.79 Å². The third-order valence-electron chi connectivity index (χ3n) is 3.70. The lowest BCUT2D eigenvalue weighted by Crippen LogP contribution is -2.36. The van der Waals surface area contributed by atoms with Crippen molar-refractivity contribution in [1.82, 2.24) is 4.90 Å². The number of thiophene rings is 1. The van der Waals surface area contributed by atoms with E-state index in [2.05, 4.69) is 13.8 Å². The lowest BCUT2D eigenvalue weighted by molar-refractivity contribution is 0.0728. The van der Waals surface area contributed by atoms with E-state index in [1.807, 2.05) is 23.1 Å². The summed E-state index contributed by atoms with van der Waals surface area (Å²) in [6, 6.07) is 5.98. The van der Waals surface area contributed by atoms with E-state index in [-0.39, 0.29) is 5.91 Å². The molecule has 1 aliphatic rings. The maximum Gasteiger partial charge on any atom is 0.266 e. The van der Waals surface area contributed by atoms with Gasteiger partial charge in [0, 0.05) is 27.7 Å². The lowest BCUT2D eigenvalue weighted by atomic mass is 10.2. The SMILES string of the molecule is CC(C)CN(C(=O)c1sc2cc(Cl)ccc2c1N)C1CC1. The molecule has 3 nitrogen and oxygen atoms in total. The summed E-state index contributed by atoms with van der Waals surface area (Å²) in [5, 5.41) is 1.59. The Bertz CT molecular complexity index is 691. The summed E-state index contributed by atoms with van der Waals surface area (Å²) in [6.07, 6.45) is 2.21. The van der Waals surface area contributed by atoms with E-state index in [0.29, 0.717) is 27.5 Å². The smallest absolute Gasteiger partial charge is 0.266 e. The molecule has 0 unspecified atom stereocenters. The van der Waals surface area contributed by atoms with Gasteiger partial charge in [0.15, 0.2) is 0 Å². The number of benzene rings is 1. The molecule has 1 fully saturated rings. The minimum absolute atomic E-state index is 0.0704. The molecule has 1 heterocycles. The van der Waals surface area contributed by atoms with Gasteiger partial charge in [-0.2, -0.15) is 0 Å². The number of nitrogen functional groups attached to an aromatic ring is 1. The number of nitrogens with zero attached hydrogens (tertiary/aromatic N) is 1. The minimum atomic E-state index is 0.0704. The van der Waals surface area contributed by atoms with Crippen LogP contribution in [0.5, 0.6) is 0 Å². The van der Waals surface area contributed by atoms with Crippen LogP contribution in [0.25, 0.3) is 10.1 Å². The number of nitrogens with two attached hydrogens (primary N) is 1. The average molecular weight is 323 g/mol. The van der Waals surface area contributed by atoms with Gasteiger partial charge in [0.1, 0.15) is 4.88 Å². The number of rotatable bonds is 4. The number of carbonyl (C=O) groups is 1. The minimum Gasteiger partial charge on any atom is -0.397 e. The van der Waals surface area contributed by atoms with Crippen LogP contribution in [0.2, 0.25) is 5.02 Å². The number of fused-ring (bicyclic) bond motifs is 1. The number of halogens is 1. The second kappa shape index (κ2) is 5.50. The maximum absolute atomic E-state index is 12.9. The number of hydrogen-bond donors (Lipinski definition) is 1. The van der Waals surface area contributed by atoms with Crippen LogP contribution in [-0.4, -0.2) is 23.4 Å². The number of amides is 1. The molecular formula is C16H19ClN2OS. The number of carbonyl (C=O) groups excluding carboxylic acids is 1. The van der Waals surface area contributed by atoms with Gasteiger partial charge in [-0.25, -0.2) is 0 Å². The van der Waals surface area contributed by atoms with Gasteiger partial charge in [0.05, 0.1) is 5.69 Å². The molecule has 0 spiro atoms. The standard InChI is InChI=1S/C16H19ClN2OS/c1-9(2)8-19(11-4-5-11)16(20)15-14(18)12-6-3-10(17)7-13(12)21-15/h3,6-7,9,11H,4-5,8,18H2,1-2H3. The molecular weight excluding hydrogens is 304 g/mol. The normalized spacial score (nSPS) is 14.9. The lowest BCUT2D eigenvalue weighted by Gasteiger charge is -2.24. The predicted molar refractivity (Wildman–Crippen MR) is 90.1 cm³/mol. The molecule has 1 amide bonds. The molecule has 112 valence electrons. The Kier molecular flexibility index (Phi) is 3.84. The summed E-state index contributed by atoms with van der Waals surface area (Å²) >= 11 is 7.47. The highest BCUT2D eigenvalue weighted by atomic mass is 35.5. The van der Waals surface area contributed by atoms with E-state index in [1.165, 1.54) is 11.3 Å². The largest absolute Gasteiger partial charge is 0.397 e. The highest BCUT2D eigenvalue weighted by molar-refractivity contribution is 7.21. The van der Waals surface area contributed by atoms with Gasteiger partial charge in [0.2, 0.25) is 0 Å². The Balaban J connectivity index is 1.98. The summed E-state index contributed by atoms with van der Waals surface area (Å²) in [4.78, 5) is 15.5. The molecule has 2 aromatic rings. The van der Waals surface area contributed by atoms with Crippen molar-refractivity contribution in [3.05, 3.63) is 28.1 Å². The molecule has 0 bridgehead atoms. The van der Waals surface area contributed by atoms with Crippen molar-refractivity contribution in [2.24, 2.45) is 5.92 Å². The van der Waals surface area contributed by atoms with Gasteiger partial charge in [0.25, 0.3) is 5.91 Å². The fourth-order valence-corrected chi connectivity index (χ4v) is 3.91. The zero-order chi connectivity index (χ0) is 15.1. The molecule has 3 rings (SSSR count). The van der Waals surface area contributed by atoms with Crippen LogP contribution >= 0.6 is 22.9 Å². The molecule has 0 saturated heterocycles. The van der Waals surface area contributed by atoms with Gasteiger partial charge in [-0.05, 0) is 37.0 Å². The Labute approximate surface area is 133 Å². The van der Waals surface area contributed by atoms with Crippen LogP contribution in [0.15, 0.2) is 18.2 Å². The first-order chi connectivity index (χ1) is 9.97. The van der Waals surface area contributed by atoms with Gasteiger partial charge in [-0.1, -0.05) is 25.4 Å². The topological polar surface area (TPSA) is 46.3 Å². The van der Waals surface area contributed by atoms with E-state index in [1.54, 1.807) is 0 Å². The fourth-order valence-electron chi connectivity index (χ4n) is 2.56. The van der Waals surface area contributed by atoms with E-state index in [9.17, 15) is 4.79 Å². The number of anilines is 1. The van der Waals surface area contributed by atoms with Crippen molar-refractivity contribution in [3.8, 4) is 0 Å². The Morgan fingerprint density at radius 1 is 1.48 bits per heavy atom. The van der Waals surface area contributed by atoms with Crippen molar-refractivity contribution in [2.45, 2.75) is 32.7 Å². The van der Waals surface area contributed by atoms with Crippen LogP contribution in [0.3, 0.4) is 0 Å². The quantitative estimate of drug-likeness (QED) is 0.907. The zero-order valence-corrected chi connectivity index (χ0v) is 13.8. The Morgan fingerprint density at radius 2 is 2.19 bits per heavy atom. The van der Waals surface area contributed by atoms with Crippen molar-refractivity contribution >= 4 is 44.6 Å². The fraction of sp³-hybridized carbons (Fsp3) is 0.438. The molecule has 5 heteroatoms. The van der Waals surface area contributed by atoms with Gasteiger partial charge >= 0.3 is 0 Å². The molecule has 0 atom stereocenters. The van der Waals surface area contributed by atoms with Crippen LogP contribution in [0.1, 0.15) is 36.4 Å². The first-order valence-corrected chi connectivity index (χ1v) is 8.45. The molecule has 0 radical (unpaired) electrons. The molecule has 1 aliphatic carbocycles. The molecule has 21 heavy (non-hydrogen) atoms. The van der Waals surface area contributed by atoms with Crippen molar-refractivity contribution in [3.63, 3.8) is 0 Å². The third-order valence-corrected chi connectivity index (χ3v) is 5.09. The molecule has 0 aliphatic heterocycles. The first-order valence-electron chi connectivity index (χ1n) is 7.26. The molecule has 1 aromatic carbocycles. The summed E-state index contributed by atoms with van der Waals surface area (Å²) in [5.74, 6) is 0.528. The maximum atomic E-state index is 12.9. The Morgan fingerprint density at radius 3 is 2.81 bits per heavy atom. The third kappa shape index (κ3) is 2.87. The molecule has 1 saturated carbocycles. The zero-order valence-electron chi connectivity index (χ0n) is 12.2. The van der Waals surface area contributed by atoms with Crippen molar-refractivity contribution < 1.29 is 4.79 Å². The highest BCUT2D eigenvalue weighted by Gasteiger charge is 2.34. The highest BCUT2D eigenvalue weighted by Crippen LogP contribution is 2.38. The molecule has 2 N–H and O–H groups in total. The molecule has 1 aromatic heterocycles. The second-order valence-electron chi connectivity index (χ2n) is 6.07. The van der Waals surface area contributed by atoms with E-state index in [4.69, 9.17) is 17.3 Å². The number of hydrogen-bond acceptors (Lipinski definition) is 3. The van der Waals surface area contributed by atoms with Crippen LogP contribution in [0.4, 0.5) is 5.69 Å². The Hall–Kier alpha value is -1.26. The average Bonchev–Trinajstić information content (AvgIpc) is 3.20. The van der Waals surface area contributed by atoms with E-state index < -0.39 is 0 Å². The van der Waals surface area contributed by atoms with E-state index >= 15 is 0 Å². The van der Waals surface area contributed by atoms with Crippen LogP contribution in [0, 0.1) is 5.92 Å². The van der Waals surface area contributed by atoms with Crippen molar-refractivity contribution in [1.29, 1.82) is 0 Å². The summed E-state index contributed by atoms with van der Waals surface area (Å²) in [6.45, 7) is 5.06. The second-order valence-corrected chi connectivity index (χ2v) is 7.56. The van der Waals surface area contributed by atoms with Crippen LogP contribution < -0.4 is 5.73 Å². The summed E-state index contributed by atoms with van der Waals surface area (Å²) in [7, 11) is 0. The predicted octanol–water partition coefficient (Wildman–Crippen LogP) is 4.40. The van der Waals surface area contributed by atoms with Crippen LogP contribution in [-0.2, 0) is 0 Å². The summed E-state index contributed by atoms with van der Waals surface area (Å²) < 4.78 is 0.976. The van der Waals surface area contributed by atoms with Gasteiger partial charge < -0.3 is 10.6 Å². The monoisotopic (exact) mass is 322 g/mol. The summed E-state index contributed by atoms with van der Waals surface area (Å²) in [5.41, 5.74) is 6.79. The van der Waals surface area contributed by atoms with Crippen molar-refractivity contribution in [2.75, 3.05) is 12.3 Å².